The molecule has 4 heteroatoms. The summed E-state index contributed by atoms with van der Waals surface area (Å²) in [7, 11) is 0. The molecule has 0 bridgehead atoms. The molecule has 88 valence electrons. The zero-order valence-corrected chi connectivity index (χ0v) is 11.7. The topological polar surface area (TPSA) is 24.7 Å². The lowest BCUT2D eigenvalue weighted by Crippen LogP contribution is -2.37. The van der Waals surface area contributed by atoms with E-state index in [1.165, 1.54) is 0 Å². The summed E-state index contributed by atoms with van der Waals surface area (Å²) >= 11 is 9.39. The minimum atomic E-state index is -0.0928. The quantitative estimate of drug-likeness (QED) is 0.563. The molecule has 0 aromatic heterocycles. The molecule has 0 radical (unpaired) electrons. The summed E-state index contributed by atoms with van der Waals surface area (Å²) < 4.78 is 0. The molecular weight excluding hydrogens is 236 g/mol. The lowest BCUT2D eigenvalue weighted by molar-refractivity contribution is 0.188. The van der Waals surface area contributed by atoms with Crippen molar-refractivity contribution in [1.29, 1.82) is 0 Å². The normalized spacial score (nSPS) is 30.1. The maximum absolute atomic E-state index is 4.70. The maximum atomic E-state index is 4.70. The van der Waals surface area contributed by atoms with Gasteiger partial charge in [-0.1, -0.05) is 0 Å². The highest BCUT2D eigenvalue weighted by Crippen LogP contribution is 2.40. The van der Waals surface area contributed by atoms with Gasteiger partial charge >= 0.3 is 0 Å². The Morgan fingerprint density at radius 3 is 2.19 bits per heavy atom. The first kappa shape index (κ1) is 13.7. The second-order valence-corrected chi connectivity index (χ2v) is 5.70. The third-order valence-corrected chi connectivity index (χ3v) is 3.89. The van der Waals surface area contributed by atoms with Gasteiger partial charge < -0.3 is 0 Å². The van der Waals surface area contributed by atoms with E-state index >= 15 is 0 Å². The van der Waals surface area contributed by atoms with Crippen LogP contribution in [0.15, 0.2) is 9.98 Å². The third kappa shape index (κ3) is 3.29. The number of hydrogen-bond donors (Lipinski definition) is 0. The molecular formula is C12H18N2S2. The van der Waals surface area contributed by atoms with Gasteiger partial charge in [-0.3, -0.25) is 0 Å². The van der Waals surface area contributed by atoms with Gasteiger partial charge in [0.2, 0.25) is 0 Å². The Hall–Kier alpha value is -0.400. The minimum Gasteiger partial charge on any atom is -0.226 e. The molecule has 0 spiro atoms. The smallest absolute Gasteiger partial charge is 0.0683 e. The zero-order chi connectivity index (χ0) is 12.2. The molecule has 16 heavy (non-hydrogen) atoms. The van der Waals surface area contributed by atoms with E-state index in [9.17, 15) is 0 Å². The van der Waals surface area contributed by atoms with E-state index in [2.05, 4.69) is 41.1 Å². The molecule has 0 aliphatic heterocycles. The average molecular weight is 254 g/mol. The van der Waals surface area contributed by atoms with Crippen molar-refractivity contribution in [1.82, 2.24) is 0 Å². The van der Waals surface area contributed by atoms with Crippen LogP contribution in [0.2, 0.25) is 0 Å². The van der Waals surface area contributed by atoms with Gasteiger partial charge in [-0.15, -0.1) is 0 Å². The molecule has 0 heterocycles. The fourth-order valence-corrected chi connectivity index (χ4v) is 2.83. The second kappa shape index (κ2) is 5.29. The average Bonchev–Trinajstić information content (AvgIpc) is 2.18. The molecule has 2 nitrogen and oxygen atoms in total. The number of rotatable bonds is 3. The largest absolute Gasteiger partial charge is 0.226 e. The second-order valence-electron chi connectivity index (χ2n) is 5.33. The molecule has 0 atom stereocenters. The van der Waals surface area contributed by atoms with Crippen molar-refractivity contribution in [2.24, 2.45) is 15.9 Å². The summed E-state index contributed by atoms with van der Waals surface area (Å²) in [5.41, 5.74) is -0.0970. The predicted octanol–water partition coefficient (Wildman–Crippen LogP) is 3.92. The Bertz CT molecular complexity index is 342. The van der Waals surface area contributed by atoms with Crippen molar-refractivity contribution >= 4 is 34.8 Å². The van der Waals surface area contributed by atoms with Gasteiger partial charge in [0.15, 0.2) is 0 Å². The molecule has 1 aliphatic rings. The van der Waals surface area contributed by atoms with E-state index in [-0.39, 0.29) is 11.1 Å². The van der Waals surface area contributed by atoms with E-state index in [4.69, 9.17) is 24.4 Å². The highest BCUT2D eigenvalue weighted by atomic mass is 32.1. The van der Waals surface area contributed by atoms with Crippen molar-refractivity contribution in [3.63, 3.8) is 0 Å². The Morgan fingerprint density at radius 2 is 1.75 bits per heavy atom. The van der Waals surface area contributed by atoms with Crippen molar-refractivity contribution in [2.75, 3.05) is 0 Å². The van der Waals surface area contributed by atoms with Crippen LogP contribution in [0.5, 0.6) is 0 Å². The minimum absolute atomic E-state index is 0.00424. The van der Waals surface area contributed by atoms with Gasteiger partial charge in [0.05, 0.1) is 21.4 Å². The molecule has 1 fully saturated rings. The van der Waals surface area contributed by atoms with Crippen LogP contribution in [0.25, 0.3) is 0 Å². The van der Waals surface area contributed by atoms with E-state index in [1.54, 1.807) is 0 Å². The third-order valence-electron chi connectivity index (χ3n) is 3.71. The Morgan fingerprint density at radius 1 is 1.19 bits per heavy atom. The monoisotopic (exact) mass is 254 g/mol. The van der Waals surface area contributed by atoms with Crippen molar-refractivity contribution < 1.29 is 0 Å². The van der Waals surface area contributed by atoms with E-state index < -0.39 is 0 Å². The highest BCUT2D eigenvalue weighted by molar-refractivity contribution is 7.78. The van der Waals surface area contributed by atoms with Crippen molar-refractivity contribution in [3.05, 3.63) is 0 Å². The van der Waals surface area contributed by atoms with Crippen LogP contribution in [0, 0.1) is 5.92 Å². The molecule has 1 saturated carbocycles. The van der Waals surface area contributed by atoms with E-state index in [0.29, 0.717) is 5.92 Å². The Balaban J connectivity index is 2.68. The standard InChI is InChI=1S/C12H18N2S2/c1-11(2,13-8-15)10-4-6-12(3,7-5-10)14-9-16/h10H,4-7H2,1-3H3. The first-order valence-electron chi connectivity index (χ1n) is 5.61. The Labute approximate surface area is 108 Å². The number of thiocarbonyl (C=S) groups is 2. The van der Waals surface area contributed by atoms with Crippen LogP contribution in [0.1, 0.15) is 46.5 Å². The molecule has 0 unspecified atom stereocenters. The summed E-state index contributed by atoms with van der Waals surface area (Å²) in [5.74, 6) is 0.566. The van der Waals surface area contributed by atoms with Crippen LogP contribution in [-0.2, 0) is 0 Å². The van der Waals surface area contributed by atoms with Gasteiger partial charge in [-0.25, -0.2) is 9.98 Å². The number of hydrogen-bond acceptors (Lipinski definition) is 4. The number of isothiocyanates is 2. The highest BCUT2D eigenvalue weighted by Gasteiger charge is 2.37. The summed E-state index contributed by atoms with van der Waals surface area (Å²) in [4.78, 5) is 8.55. The van der Waals surface area contributed by atoms with Crippen LogP contribution in [0.4, 0.5) is 0 Å². The number of nitrogens with zero attached hydrogens (tertiary/aromatic N) is 2. The molecule has 0 aromatic rings. The van der Waals surface area contributed by atoms with Crippen LogP contribution >= 0.6 is 24.4 Å². The van der Waals surface area contributed by atoms with Gasteiger partial charge in [0.1, 0.15) is 0 Å². The fourth-order valence-electron chi connectivity index (χ4n) is 2.38. The molecule has 0 N–H and O–H groups in total. The SMILES string of the molecule is CC1(N=C=S)CCC(C(C)(C)N=C=S)CC1. The summed E-state index contributed by atoms with van der Waals surface area (Å²) in [5, 5.41) is 5.02. The van der Waals surface area contributed by atoms with Gasteiger partial charge in [-0.2, -0.15) is 0 Å². The molecule has 0 aromatic carbocycles. The first-order chi connectivity index (χ1) is 7.43. The van der Waals surface area contributed by atoms with Crippen molar-refractivity contribution in [2.45, 2.75) is 57.5 Å². The maximum Gasteiger partial charge on any atom is 0.0683 e. The molecule has 1 rings (SSSR count). The van der Waals surface area contributed by atoms with E-state index in [0.717, 1.165) is 25.7 Å². The zero-order valence-electron chi connectivity index (χ0n) is 10.1. The summed E-state index contributed by atoms with van der Waals surface area (Å²) in [6, 6.07) is 0. The van der Waals surface area contributed by atoms with Crippen LogP contribution in [-0.4, -0.2) is 21.4 Å². The Kier molecular flexibility index (Phi) is 4.52. The van der Waals surface area contributed by atoms with Crippen LogP contribution < -0.4 is 0 Å². The van der Waals surface area contributed by atoms with E-state index in [1.807, 2.05) is 0 Å². The molecule has 1 aliphatic carbocycles. The first-order valence-corrected chi connectivity index (χ1v) is 6.43. The van der Waals surface area contributed by atoms with Gasteiger partial charge in [0, 0.05) is 0 Å². The lowest BCUT2D eigenvalue weighted by atomic mass is 9.71. The fraction of sp³-hybridized carbons (Fsp3) is 0.833. The molecule has 0 saturated heterocycles. The molecule has 0 amide bonds. The number of aliphatic imine (C=N–C) groups is 2. The van der Waals surface area contributed by atoms with Crippen molar-refractivity contribution in [3.8, 4) is 0 Å². The van der Waals surface area contributed by atoms with Crippen LogP contribution in [0.3, 0.4) is 0 Å². The van der Waals surface area contributed by atoms with Gasteiger partial charge in [-0.05, 0) is 76.8 Å². The summed E-state index contributed by atoms with van der Waals surface area (Å²) in [6.07, 6.45) is 4.34. The predicted molar refractivity (Wildman–Crippen MR) is 74.5 cm³/mol. The lowest BCUT2D eigenvalue weighted by Gasteiger charge is -2.39. The van der Waals surface area contributed by atoms with Gasteiger partial charge in [0.25, 0.3) is 0 Å². The summed E-state index contributed by atoms with van der Waals surface area (Å²) in [6.45, 7) is 6.40.